The van der Waals surface area contributed by atoms with E-state index in [9.17, 15) is 0 Å². The number of rotatable bonds is 1. The van der Waals surface area contributed by atoms with E-state index >= 15 is 0 Å². The van der Waals surface area contributed by atoms with Gasteiger partial charge in [0.25, 0.3) is 0 Å². The average molecular weight is 165 g/mol. The summed E-state index contributed by atoms with van der Waals surface area (Å²) in [5.41, 5.74) is 0. The summed E-state index contributed by atoms with van der Waals surface area (Å²) in [5, 5.41) is 4.64. The fourth-order valence-electron chi connectivity index (χ4n) is 2.12. The largest absolute Gasteiger partial charge is 0.293 e. The maximum Gasteiger partial charge on any atom is 0.0665 e. The fraction of sp³-hybridized carbons (Fsp3) is 0.900. The molecule has 1 radical (unpaired) electrons. The SMILES string of the molecule is C1=NC(C2CCCC[N]2)CCC1. The smallest absolute Gasteiger partial charge is 0.0665 e. The van der Waals surface area contributed by atoms with E-state index < -0.39 is 0 Å². The van der Waals surface area contributed by atoms with Crippen molar-refractivity contribution >= 4 is 6.21 Å². The van der Waals surface area contributed by atoms with Crippen molar-refractivity contribution < 1.29 is 0 Å². The molecule has 1 saturated heterocycles. The maximum atomic E-state index is 4.64. The van der Waals surface area contributed by atoms with Crippen molar-refractivity contribution in [2.75, 3.05) is 6.54 Å². The van der Waals surface area contributed by atoms with E-state index in [0.717, 1.165) is 6.54 Å². The van der Waals surface area contributed by atoms with Crippen molar-refractivity contribution in [3.05, 3.63) is 0 Å². The molecule has 0 saturated carbocycles. The summed E-state index contributed by atoms with van der Waals surface area (Å²) in [7, 11) is 0. The van der Waals surface area contributed by atoms with Crippen LogP contribution in [0.1, 0.15) is 38.5 Å². The van der Waals surface area contributed by atoms with Gasteiger partial charge in [0, 0.05) is 12.6 Å². The highest BCUT2D eigenvalue weighted by molar-refractivity contribution is 5.58. The highest BCUT2D eigenvalue weighted by atomic mass is 15.0. The molecule has 0 aromatic heterocycles. The van der Waals surface area contributed by atoms with Crippen LogP contribution in [0, 0.1) is 0 Å². The Morgan fingerprint density at radius 2 is 1.92 bits per heavy atom. The van der Waals surface area contributed by atoms with E-state index in [1.54, 1.807) is 0 Å². The Kier molecular flexibility index (Phi) is 2.77. The second-order valence-corrected chi connectivity index (χ2v) is 3.80. The van der Waals surface area contributed by atoms with Crippen LogP contribution < -0.4 is 5.32 Å². The Hall–Kier alpha value is -0.370. The van der Waals surface area contributed by atoms with E-state index in [2.05, 4.69) is 16.5 Å². The van der Waals surface area contributed by atoms with Crippen molar-refractivity contribution in [3.63, 3.8) is 0 Å². The van der Waals surface area contributed by atoms with Gasteiger partial charge in [0.15, 0.2) is 0 Å². The molecule has 0 amide bonds. The van der Waals surface area contributed by atoms with Gasteiger partial charge in [-0.3, -0.25) is 4.99 Å². The Bertz CT molecular complexity index is 159. The summed E-state index contributed by atoms with van der Waals surface area (Å²) in [6.07, 6.45) is 9.81. The second kappa shape index (κ2) is 4.04. The average Bonchev–Trinajstić information content (AvgIpc) is 2.21. The lowest BCUT2D eigenvalue weighted by Crippen LogP contribution is -2.38. The lowest BCUT2D eigenvalue weighted by molar-refractivity contribution is 0.327. The van der Waals surface area contributed by atoms with Crippen molar-refractivity contribution in [1.82, 2.24) is 5.32 Å². The molecule has 0 aromatic carbocycles. The van der Waals surface area contributed by atoms with E-state index in [4.69, 9.17) is 0 Å². The zero-order valence-corrected chi connectivity index (χ0v) is 7.58. The molecule has 0 N–H and O–H groups in total. The van der Waals surface area contributed by atoms with Crippen LogP contribution in [0.5, 0.6) is 0 Å². The van der Waals surface area contributed by atoms with E-state index in [1.165, 1.54) is 38.5 Å². The zero-order valence-electron chi connectivity index (χ0n) is 7.58. The van der Waals surface area contributed by atoms with E-state index in [1.807, 2.05) is 0 Å². The molecule has 2 atom stereocenters. The van der Waals surface area contributed by atoms with Gasteiger partial charge in [0.1, 0.15) is 0 Å². The molecule has 0 spiro atoms. The van der Waals surface area contributed by atoms with Crippen LogP contribution in [0.25, 0.3) is 0 Å². The van der Waals surface area contributed by atoms with Crippen molar-refractivity contribution in [1.29, 1.82) is 0 Å². The van der Waals surface area contributed by atoms with Gasteiger partial charge in [0.05, 0.1) is 6.04 Å². The Balaban J connectivity index is 1.88. The fourth-order valence-corrected chi connectivity index (χ4v) is 2.12. The number of hydrogen-bond donors (Lipinski definition) is 0. The zero-order chi connectivity index (χ0) is 8.23. The van der Waals surface area contributed by atoms with Crippen LogP contribution in [-0.4, -0.2) is 24.8 Å². The predicted octanol–water partition coefficient (Wildman–Crippen LogP) is 1.77. The molecule has 2 nitrogen and oxygen atoms in total. The molecule has 2 unspecified atom stereocenters. The summed E-state index contributed by atoms with van der Waals surface area (Å²) in [6.45, 7) is 1.08. The van der Waals surface area contributed by atoms with E-state index in [-0.39, 0.29) is 0 Å². The highest BCUT2D eigenvalue weighted by Gasteiger charge is 2.23. The van der Waals surface area contributed by atoms with Gasteiger partial charge in [-0.1, -0.05) is 6.42 Å². The monoisotopic (exact) mass is 165 g/mol. The first-order chi connectivity index (χ1) is 5.97. The topological polar surface area (TPSA) is 26.5 Å². The Morgan fingerprint density at radius 1 is 1.00 bits per heavy atom. The van der Waals surface area contributed by atoms with Crippen LogP contribution in [0.4, 0.5) is 0 Å². The molecular weight excluding hydrogens is 148 g/mol. The Morgan fingerprint density at radius 3 is 2.58 bits per heavy atom. The number of nitrogens with zero attached hydrogens (tertiary/aromatic N) is 2. The minimum absolute atomic E-state index is 0.541. The van der Waals surface area contributed by atoms with Crippen LogP contribution in [0.15, 0.2) is 4.99 Å². The molecule has 2 heterocycles. The summed E-state index contributed by atoms with van der Waals surface area (Å²) in [4.78, 5) is 4.53. The quantitative estimate of drug-likeness (QED) is 0.566. The lowest BCUT2D eigenvalue weighted by Gasteiger charge is -2.28. The molecular formula is C10H17N2. The van der Waals surface area contributed by atoms with Crippen LogP contribution in [0.2, 0.25) is 0 Å². The molecule has 0 aliphatic carbocycles. The lowest BCUT2D eigenvalue weighted by atomic mass is 9.93. The van der Waals surface area contributed by atoms with Gasteiger partial charge in [-0.15, -0.1) is 0 Å². The summed E-state index contributed by atoms with van der Waals surface area (Å²) < 4.78 is 0. The molecule has 1 fully saturated rings. The third-order valence-electron chi connectivity index (χ3n) is 2.85. The van der Waals surface area contributed by atoms with E-state index in [0.29, 0.717) is 12.1 Å². The first kappa shape index (κ1) is 8.24. The Labute approximate surface area is 74.5 Å². The number of aliphatic imine (C=N–C) groups is 1. The molecule has 2 rings (SSSR count). The standard InChI is InChI=1S/C10H17N2/c1-3-7-11-9(5-1)10-6-2-4-8-12-10/h7,9-10H,1-6,8H2. The first-order valence-electron chi connectivity index (χ1n) is 5.15. The summed E-state index contributed by atoms with van der Waals surface area (Å²) >= 11 is 0. The van der Waals surface area contributed by atoms with Crippen LogP contribution in [-0.2, 0) is 0 Å². The summed E-state index contributed by atoms with van der Waals surface area (Å²) in [5.74, 6) is 0. The van der Waals surface area contributed by atoms with Gasteiger partial charge < -0.3 is 0 Å². The molecule has 0 bridgehead atoms. The third kappa shape index (κ3) is 1.86. The van der Waals surface area contributed by atoms with Gasteiger partial charge in [-0.05, 0) is 38.3 Å². The van der Waals surface area contributed by atoms with Crippen molar-refractivity contribution in [2.45, 2.75) is 50.6 Å². The summed E-state index contributed by atoms with van der Waals surface area (Å²) in [6, 6.07) is 1.11. The molecule has 67 valence electrons. The maximum absolute atomic E-state index is 4.64. The molecule has 2 aliphatic heterocycles. The normalized spacial score (nSPS) is 36.7. The van der Waals surface area contributed by atoms with Gasteiger partial charge >= 0.3 is 0 Å². The first-order valence-corrected chi connectivity index (χ1v) is 5.15. The third-order valence-corrected chi connectivity index (χ3v) is 2.85. The molecule has 12 heavy (non-hydrogen) atoms. The van der Waals surface area contributed by atoms with Crippen LogP contribution >= 0.6 is 0 Å². The van der Waals surface area contributed by atoms with Gasteiger partial charge in [0.2, 0.25) is 0 Å². The van der Waals surface area contributed by atoms with Gasteiger partial charge in [-0.25, -0.2) is 5.32 Å². The molecule has 0 aromatic rings. The van der Waals surface area contributed by atoms with Crippen LogP contribution in [0.3, 0.4) is 0 Å². The number of piperidine rings is 1. The van der Waals surface area contributed by atoms with Gasteiger partial charge in [-0.2, -0.15) is 0 Å². The minimum atomic E-state index is 0.541. The minimum Gasteiger partial charge on any atom is -0.293 e. The molecule has 2 aliphatic rings. The van der Waals surface area contributed by atoms with Crippen molar-refractivity contribution in [2.24, 2.45) is 4.99 Å². The second-order valence-electron chi connectivity index (χ2n) is 3.80. The number of hydrogen-bond acceptors (Lipinski definition) is 1. The molecule has 2 heteroatoms. The predicted molar refractivity (Wildman–Crippen MR) is 50.8 cm³/mol. The highest BCUT2D eigenvalue weighted by Crippen LogP contribution is 2.20. The van der Waals surface area contributed by atoms with Crippen molar-refractivity contribution in [3.8, 4) is 0 Å².